The fraction of sp³-hybridized carbons (Fsp3) is 0.571. The van der Waals surface area contributed by atoms with Crippen LogP contribution in [0.15, 0.2) is 12.1 Å². The molecule has 1 aliphatic rings. The Balaban J connectivity index is 2.03. The number of rotatable bonds is 5. The molecule has 0 spiro atoms. The molecule has 1 aromatic rings. The molecule has 0 fully saturated rings. The van der Waals surface area contributed by atoms with Crippen LogP contribution in [0.5, 0.6) is 11.5 Å². The monoisotopic (exact) mass is 285 g/mol. The number of fused-ring (bicyclic) bond motifs is 1. The van der Waals surface area contributed by atoms with Crippen molar-refractivity contribution in [3.63, 3.8) is 0 Å². The van der Waals surface area contributed by atoms with Crippen LogP contribution in [0.1, 0.15) is 19.4 Å². The van der Waals surface area contributed by atoms with Gasteiger partial charge in [0.15, 0.2) is 11.5 Å². The molecule has 1 aliphatic heterocycles. The highest BCUT2D eigenvalue weighted by atomic mass is 35.5. The molecule has 0 amide bonds. The Morgan fingerprint density at radius 3 is 2.79 bits per heavy atom. The van der Waals surface area contributed by atoms with E-state index in [1.165, 1.54) is 0 Å². The van der Waals surface area contributed by atoms with E-state index in [-0.39, 0.29) is 18.6 Å². The normalized spacial score (nSPS) is 17.1. The lowest BCUT2D eigenvalue weighted by Crippen LogP contribution is -2.33. The van der Waals surface area contributed by atoms with Gasteiger partial charge in [-0.05, 0) is 30.5 Å². The minimum atomic E-state index is 0.177. The third-order valence-electron chi connectivity index (χ3n) is 3.43. The zero-order valence-corrected chi connectivity index (χ0v) is 12.0. The highest BCUT2D eigenvalue weighted by Gasteiger charge is 2.17. The van der Waals surface area contributed by atoms with E-state index in [1.54, 1.807) is 0 Å². The van der Waals surface area contributed by atoms with Crippen molar-refractivity contribution in [2.45, 2.75) is 26.4 Å². The van der Waals surface area contributed by atoms with Crippen LogP contribution in [0.3, 0.4) is 0 Å². The lowest BCUT2D eigenvalue weighted by molar-refractivity contribution is 0.171. The van der Waals surface area contributed by atoms with E-state index in [2.05, 4.69) is 12.2 Å². The van der Waals surface area contributed by atoms with Crippen molar-refractivity contribution in [2.75, 3.05) is 19.8 Å². The van der Waals surface area contributed by atoms with Gasteiger partial charge < -0.3 is 19.9 Å². The summed E-state index contributed by atoms with van der Waals surface area (Å²) in [5.41, 5.74) is 1.05. The summed E-state index contributed by atoms with van der Waals surface area (Å²) in [4.78, 5) is 0. The molecule has 0 radical (unpaired) electrons. The van der Waals surface area contributed by atoms with Gasteiger partial charge in [-0.25, -0.2) is 0 Å². The Bertz CT molecular complexity index is 439. The number of nitrogens with one attached hydrogen (secondary N) is 1. The summed E-state index contributed by atoms with van der Waals surface area (Å²) in [5.74, 6) is 1.56. The van der Waals surface area contributed by atoms with Gasteiger partial charge in [-0.1, -0.05) is 18.5 Å². The Morgan fingerprint density at radius 1 is 1.32 bits per heavy atom. The molecule has 19 heavy (non-hydrogen) atoms. The van der Waals surface area contributed by atoms with Crippen LogP contribution < -0.4 is 14.8 Å². The Labute approximate surface area is 118 Å². The van der Waals surface area contributed by atoms with Crippen molar-refractivity contribution in [1.29, 1.82) is 0 Å². The van der Waals surface area contributed by atoms with Crippen LogP contribution in [0.25, 0.3) is 0 Å². The number of ether oxygens (including phenoxy) is 2. The van der Waals surface area contributed by atoms with Gasteiger partial charge in [0.2, 0.25) is 0 Å². The topological polar surface area (TPSA) is 50.7 Å². The van der Waals surface area contributed by atoms with Crippen molar-refractivity contribution >= 4 is 11.6 Å². The fourth-order valence-corrected chi connectivity index (χ4v) is 2.19. The van der Waals surface area contributed by atoms with Crippen molar-refractivity contribution in [3.8, 4) is 11.5 Å². The average Bonchev–Trinajstić information content (AvgIpc) is 2.44. The molecule has 0 bridgehead atoms. The van der Waals surface area contributed by atoms with Gasteiger partial charge in [-0.2, -0.15) is 0 Å². The third-order valence-corrected chi connectivity index (χ3v) is 3.71. The summed E-state index contributed by atoms with van der Waals surface area (Å²) in [5, 5.41) is 13.1. The lowest BCUT2D eigenvalue weighted by atomic mass is 10.0. The summed E-state index contributed by atoms with van der Waals surface area (Å²) in [6.45, 7) is 6.01. The molecule has 0 aliphatic carbocycles. The van der Waals surface area contributed by atoms with Crippen molar-refractivity contribution in [2.24, 2.45) is 5.92 Å². The van der Waals surface area contributed by atoms with Crippen molar-refractivity contribution < 1.29 is 14.6 Å². The zero-order chi connectivity index (χ0) is 13.8. The van der Waals surface area contributed by atoms with Crippen molar-refractivity contribution in [3.05, 3.63) is 22.7 Å². The summed E-state index contributed by atoms with van der Waals surface area (Å²) in [7, 11) is 0. The first-order chi connectivity index (χ1) is 9.11. The van der Waals surface area contributed by atoms with Crippen LogP contribution in [0.2, 0.25) is 5.02 Å². The van der Waals surface area contributed by atoms with Gasteiger partial charge in [-0.3, -0.25) is 0 Å². The predicted molar refractivity (Wildman–Crippen MR) is 75.0 cm³/mol. The maximum Gasteiger partial charge on any atom is 0.179 e. The van der Waals surface area contributed by atoms with Crippen LogP contribution in [0.4, 0.5) is 0 Å². The smallest absolute Gasteiger partial charge is 0.179 e. The van der Waals surface area contributed by atoms with Gasteiger partial charge >= 0.3 is 0 Å². The Hall–Kier alpha value is -0.970. The van der Waals surface area contributed by atoms with Gasteiger partial charge in [0.1, 0.15) is 13.2 Å². The molecule has 2 atom stereocenters. The molecule has 0 saturated carbocycles. The molecule has 4 nitrogen and oxygen atoms in total. The third kappa shape index (κ3) is 3.53. The van der Waals surface area contributed by atoms with E-state index in [1.807, 2.05) is 19.1 Å². The molecule has 2 unspecified atom stereocenters. The standard InChI is InChI=1S/C14H20ClNO3/c1-9(8-17)10(2)16-7-11-5-12(15)14-13(6-11)18-3-4-19-14/h5-6,9-10,16-17H,3-4,7-8H2,1-2H3. The summed E-state index contributed by atoms with van der Waals surface area (Å²) >= 11 is 6.18. The Kier molecular flexibility index (Phi) is 4.91. The number of aliphatic hydroxyl groups is 1. The van der Waals surface area contributed by atoms with Gasteiger partial charge in [-0.15, -0.1) is 0 Å². The average molecular weight is 286 g/mol. The van der Waals surface area contributed by atoms with E-state index in [4.69, 9.17) is 26.2 Å². The molecule has 1 aromatic carbocycles. The number of benzene rings is 1. The van der Waals surface area contributed by atoms with Crippen LogP contribution in [0, 0.1) is 5.92 Å². The van der Waals surface area contributed by atoms with Crippen LogP contribution >= 0.6 is 11.6 Å². The number of aliphatic hydroxyl groups excluding tert-OH is 1. The van der Waals surface area contributed by atoms with E-state index < -0.39 is 0 Å². The second kappa shape index (κ2) is 6.46. The molecular weight excluding hydrogens is 266 g/mol. The molecule has 0 saturated heterocycles. The quantitative estimate of drug-likeness (QED) is 0.871. The summed E-state index contributed by atoms with van der Waals surface area (Å²) < 4.78 is 11.0. The maximum absolute atomic E-state index is 9.11. The minimum absolute atomic E-state index is 0.177. The summed E-state index contributed by atoms with van der Waals surface area (Å²) in [6.07, 6.45) is 0. The second-order valence-corrected chi connectivity index (χ2v) is 5.34. The first kappa shape index (κ1) is 14.4. The predicted octanol–water partition coefficient (Wildman–Crippen LogP) is 2.22. The van der Waals surface area contributed by atoms with Gasteiger partial charge in [0.05, 0.1) is 5.02 Å². The van der Waals surface area contributed by atoms with Crippen LogP contribution in [-0.2, 0) is 6.54 Å². The highest BCUT2D eigenvalue weighted by Crippen LogP contribution is 2.38. The minimum Gasteiger partial charge on any atom is -0.486 e. The second-order valence-electron chi connectivity index (χ2n) is 4.93. The van der Waals surface area contributed by atoms with E-state index in [9.17, 15) is 0 Å². The molecule has 2 rings (SSSR count). The molecular formula is C14H20ClNO3. The fourth-order valence-electron chi connectivity index (χ4n) is 1.90. The first-order valence-corrected chi connectivity index (χ1v) is 6.92. The molecule has 2 N–H and O–H groups in total. The molecule has 0 aromatic heterocycles. The van der Waals surface area contributed by atoms with Gasteiger partial charge in [0, 0.05) is 19.2 Å². The van der Waals surface area contributed by atoms with E-state index in [0.29, 0.717) is 36.3 Å². The molecule has 5 heteroatoms. The number of hydrogen-bond donors (Lipinski definition) is 2. The lowest BCUT2D eigenvalue weighted by Gasteiger charge is -2.22. The van der Waals surface area contributed by atoms with E-state index in [0.717, 1.165) is 5.56 Å². The van der Waals surface area contributed by atoms with Crippen molar-refractivity contribution in [1.82, 2.24) is 5.32 Å². The molecule has 1 heterocycles. The SMILES string of the molecule is CC(CO)C(C)NCc1cc(Cl)c2c(c1)OCCO2. The summed E-state index contributed by atoms with van der Waals surface area (Å²) in [6, 6.07) is 4.07. The first-order valence-electron chi connectivity index (χ1n) is 6.54. The molecule has 106 valence electrons. The number of halogens is 1. The van der Waals surface area contributed by atoms with E-state index >= 15 is 0 Å². The van der Waals surface area contributed by atoms with Crippen LogP contribution in [-0.4, -0.2) is 31.0 Å². The Morgan fingerprint density at radius 2 is 2.05 bits per heavy atom. The maximum atomic E-state index is 9.11. The van der Waals surface area contributed by atoms with Gasteiger partial charge in [0.25, 0.3) is 0 Å². The largest absolute Gasteiger partial charge is 0.486 e. The number of hydrogen-bond acceptors (Lipinski definition) is 4. The zero-order valence-electron chi connectivity index (χ0n) is 11.3. The highest BCUT2D eigenvalue weighted by molar-refractivity contribution is 6.32.